The molecule has 4 rings (SSSR count). The summed E-state index contributed by atoms with van der Waals surface area (Å²) in [5.74, 6) is -0.0592. The Morgan fingerprint density at radius 2 is 1.39 bits per heavy atom. The van der Waals surface area contributed by atoms with Gasteiger partial charge in [-0.1, -0.05) is 24.3 Å². The Morgan fingerprint density at radius 1 is 0.871 bits per heavy atom. The molecule has 0 fully saturated rings. The van der Waals surface area contributed by atoms with Crippen molar-refractivity contribution in [1.29, 1.82) is 0 Å². The molecule has 3 aromatic rings. The highest BCUT2D eigenvalue weighted by atomic mass is 16.2. The first-order chi connectivity index (χ1) is 14.9. The topological polar surface area (TPSA) is 51.7 Å². The molecule has 0 atom stereocenters. The molecule has 0 spiro atoms. The van der Waals surface area contributed by atoms with E-state index in [1.165, 1.54) is 0 Å². The summed E-state index contributed by atoms with van der Waals surface area (Å²) in [6, 6.07) is 20.6. The maximum Gasteiger partial charge on any atom is 0.269 e. The molecule has 0 aliphatic carbocycles. The molecule has 1 aromatic heterocycles. The Kier molecular flexibility index (Phi) is 5.41. The van der Waals surface area contributed by atoms with Crippen LogP contribution in [0.3, 0.4) is 0 Å². The molecule has 1 aliphatic rings. The largest absolute Gasteiger partial charge is 0.378 e. The summed E-state index contributed by atoms with van der Waals surface area (Å²) in [5.41, 5.74) is 8.39. The molecule has 0 unspecified atom stereocenters. The molecule has 0 saturated heterocycles. The molecule has 2 aromatic carbocycles. The van der Waals surface area contributed by atoms with Crippen LogP contribution in [0.15, 0.2) is 66.9 Å². The van der Waals surface area contributed by atoms with Crippen LogP contribution in [0.5, 0.6) is 0 Å². The van der Waals surface area contributed by atoms with E-state index in [-0.39, 0.29) is 5.91 Å². The fourth-order valence-corrected chi connectivity index (χ4v) is 4.14. The van der Waals surface area contributed by atoms with Gasteiger partial charge in [0.1, 0.15) is 5.54 Å². The van der Waals surface area contributed by atoms with E-state index in [4.69, 9.17) is 4.98 Å². The predicted molar refractivity (Wildman–Crippen MR) is 126 cm³/mol. The summed E-state index contributed by atoms with van der Waals surface area (Å²) < 4.78 is 0. The summed E-state index contributed by atoms with van der Waals surface area (Å²) >= 11 is 0. The third kappa shape index (κ3) is 3.43. The first-order valence-corrected chi connectivity index (χ1v) is 10.5. The Hall–Kier alpha value is -3.38. The summed E-state index contributed by atoms with van der Waals surface area (Å²) in [6.07, 6.45) is 1.76. The van der Waals surface area contributed by atoms with E-state index in [1.807, 2.05) is 47.2 Å². The molecule has 2 heterocycles. The van der Waals surface area contributed by atoms with Gasteiger partial charge in [-0.2, -0.15) is 0 Å². The number of hydrazine groups is 1. The predicted octanol–water partition coefficient (Wildman–Crippen LogP) is 3.49. The molecule has 0 radical (unpaired) electrons. The number of carbonyl (C=O) groups excluding carboxylic acids is 1. The second-order valence-electron chi connectivity index (χ2n) is 8.19. The average Bonchev–Trinajstić information content (AvgIpc) is 2.80. The molecular formula is C25H29N5O. The van der Waals surface area contributed by atoms with Crippen molar-refractivity contribution in [3.63, 3.8) is 0 Å². The first kappa shape index (κ1) is 20.9. The summed E-state index contributed by atoms with van der Waals surface area (Å²) in [5, 5.41) is 1.68. The number of anilines is 2. The Labute approximate surface area is 184 Å². The second-order valence-corrected chi connectivity index (χ2v) is 8.19. The van der Waals surface area contributed by atoms with Gasteiger partial charge < -0.3 is 9.80 Å². The zero-order valence-corrected chi connectivity index (χ0v) is 18.8. The number of fused-ring (bicyclic) bond motifs is 1. The first-order valence-electron chi connectivity index (χ1n) is 10.5. The summed E-state index contributed by atoms with van der Waals surface area (Å²) in [4.78, 5) is 22.0. The van der Waals surface area contributed by atoms with Gasteiger partial charge in [-0.05, 0) is 54.4 Å². The van der Waals surface area contributed by atoms with Crippen LogP contribution in [0.2, 0.25) is 0 Å². The number of carbonyl (C=O) groups is 1. The van der Waals surface area contributed by atoms with Crippen LogP contribution in [0.25, 0.3) is 0 Å². The van der Waals surface area contributed by atoms with Gasteiger partial charge in [0.2, 0.25) is 0 Å². The minimum absolute atomic E-state index is 0.0592. The highest BCUT2D eigenvalue weighted by Gasteiger charge is 2.46. The fraction of sp³-hybridized carbons (Fsp3) is 0.280. The molecule has 160 valence electrons. The standard InChI is InChI=1S/C25H29N5O/c1-6-30-24(31)22-8-7-17-26-23(22)25(27-30,18-9-13-20(14-10-18)28(2)3)19-11-15-21(16-12-19)29(4)5/h7-17,27H,6H2,1-5H3. The van der Waals surface area contributed by atoms with Crippen LogP contribution < -0.4 is 15.2 Å². The van der Waals surface area contributed by atoms with Crippen molar-refractivity contribution in [1.82, 2.24) is 15.4 Å². The lowest BCUT2D eigenvalue weighted by atomic mass is 9.77. The van der Waals surface area contributed by atoms with Gasteiger partial charge in [0.15, 0.2) is 0 Å². The van der Waals surface area contributed by atoms with E-state index in [9.17, 15) is 4.79 Å². The number of benzene rings is 2. The van der Waals surface area contributed by atoms with Crippen molar-refractivity contribution >= 4 is 17.3 Å². The van der Waals surface area contributed by atoms with E-state index >= 15 is 0 Å². The molecule has 6 heteroatoms. The van der Waals surface area contributed by atoms with Crippen molar-refractivity contribution in [2.45, 2.75) is 12.5 Å². The minimum Gasteiger partial charge on any atom is -0.378 e. The van der Waals surface area contributed by atoms with Gasteiger partial charge in [0.05, 0.1) is 11.3 Å². The Morgan fingerprint density at radius 3 is 1.84 bits per heavy atom. The zero-order chi connectivity index (χ0) is 22.2. The third-order valence-corrected chi connectivity index (χ3v) is 5.89. The number of nitrogens with zero attached hydrogens (tertiary/aromatic N) is 4. The number of rotatable bonds is 5. The number of hydrogen-bond donors (Lipinski definition) is 1. The smallest absolute Gasteiger partial charge is 0.269 e. The molecule has 1 aliphatic heterocycles. The van der Waals surface area contributed by atoms with E-state index < -0.39 is 5.54 Å². The van der Waals surface area contributed by atoms with Crippen molar-refractivity contribution in [3.05, 3.63) is 89.2 Å². The number of pyridine rings is 1. The maximum atomic E-state index is 13.1. The highest BCUT2D eigenvalue weighted by molar-refractivity contribution is 5.97. The van der Waals surface area contributed by atoms with Crippen LogP contribution in [0, 0.1) is 0 Å². The monoisotopic (exact) mass is 415 g/mol. The second kappa shape index (κ2) is 8.04. The SMILES string of the molecule is CCN1NC(c2ccc(N(C)C)cc2)(c2ccc(N(C)C)cc2)c2ncccc2C1=O. The maximum absolute atomic E-state index is 13.1. The van der Waals surface area contributed by atoms with E-state index in [1.54, 1.807) is 11.2 Å². The molecular weight excluding hydrogens is 386 g/mol. The molecule has 1 N–H and O–H groups in total. The number of aromatic nitrogens is 1. The van der Waals surface area contributed by atoms with Crippen molar-refractivity contribution in [2.75, 3.05) is 44.5 Å². The number of amides is 1. The van der Waals surface area contributed by atoms with Gasteiger partial charge >= 0.3 is 0 Å². The van der Waals surface area contributed by atoms with Gasteiger partial charge in [0.25, 0.3) is 5.91 Å². The van der Waals surface area contributed by atoms with Crippen molar-refractivity contribution in [3.8, 4) is 0 Å². The lowest BCUT2D eigenvalue weighted by Crippen LogP contribution is -2.60. The highest BCUT2D eigenvalue weighted by Crippen LogP contribution is 2.41. The van der Waals surface area contributed by atoms with Gasteiger partial charge in [-0.15, -0.1) is 0 Å². The number of nitrogens with one attached hydrogen (secondary N) is 1. The molecule has 31 heavy (non-hydrogen) atoms. The Bertz CT molecular complexity index is 1020. The van der Waals surface area contributed by atoms with E-state index in [2.05, 4.69) is 63.8 Å². The van der Waals surface area contributed by atoms with Crippen LogP contribution in [-0.4, -0.2) is 50.6 Å². The van der Waals surface area contributed by atoms with E-state index in [0.29, 0.717) is 12.1 Å². The van der Waals surface area contributed by atoms with Crippen molar-refractivity contribution in [2.24, 2.45) is 0 Å². The van der Waals surface area contributed by atoms with Crippen LogP contribution in [0.1, 0.15) is 34.1 Å². The van der Waals surface area contributed by atoms with Crippen LogP contribution >= 0.6 is 0 Å². The molecule has 0 bridgehead atoms. The summed E-state index contributed by atoms with van der Waals surface area (Å²) in [6.45, 7) is 2.52. The van der Waals surface area contributed by atoms with E-state index in [0.717, 1.165) is 28.2 Å². The minimum atomic E-state index is -0.782. The van der Waals surface area contributed by atoms with Gasteiger partial charge in [-0.25, -0.2) is 5.43 Å². The molecule has 1 amide bonds. The fourth-order valence-electron chi connectivity index (χ4n) is 4.14. The molecule has 0 saturated carbocycles. The van der Waals surface area contributed by atoms with Crippen molar-refractivity contribution < 1.29 is 4.79 Å². The lowest BCUT2D eigenvalue weighted by Gasteiger charge is -2.44. The number of hydrogen-bond acceptors (Lipinski definition) is 5. The third-order valence-electron chi connectivity index (χ3n) is 5.89. The molecule has 6 nitrogen and oxygen atoms in total. The van der Waals surface area contributed by atoms with Crippen LogP contribution in [0.4, 0.5) is 11.4 Å². The summed E-state index contributed by atoms with van der Waals surface area (Å²) in [7, 11) is 8.10. The normalized spacial score (nSPS) is 14.9. The van der Waals surface area contributed by atoms with Gasteiger partial charge in [-0.3, -0.25) is 14.8 Å². The van der Waals surface area contributed by atoms with Gasteiger partial charge in [0, 0.05) is 52.3 Å². The Balaban J connectivity index is 1.99. The lowest BCUT2D eigenvalue weighted by molar-refractivity contribution is 0.0545. The zero-order valence-electron chi connectivity index (χ0n) is 18.8. The van der Waals surface area contributed by atoms with Crippen LogP contribution in [-0.2, 0) is 5.54 Å². The quantitative estimate of drug-likeness (QED) is 0.691. The average molecular weight is 416 g/mol.